The summed E-state index contributed by atoms with van der Waals surface area (Å²) in [7, 11) is 0. The van der Waals surface area contributed by atoms with Crippen LogP contribution in [0.4, 0.5) is 4.79 Å². The summed E-state index contributed by atoms with van der Waals surface area (Å²) in [6, 6.07) is 10.0. The smallest absolute Gasteiger partial charge is 0.326 e. The van der Waals surface area contributed by atoms with Gasteiger partial charge < -0.3 is 48.3 Å². The highest BCUT2D eigenvalue weighted by molar-refractivity contribution is 5.94. The maximum Gasteiger partial charge on any atom is 0.326 e. The molecule has 2 aromatic carbocycles. The number of benzene rings is 2. The molecular formula is C33H47N7O8. The molecule has 0 aliphatic carbocycles. The summed E-state index contributed by atoms with van der Waals surface area (Å²) in [5.41, 5.74) is 12.4. The molecule has 0 fully saturated rings. The van der Waals surface area contributed by atoms with Gasteiger partial charge in [0.25, 0.3) is 0 Å². The van der Waals surface area contributed by atoms with E-state index < -0.39 is 66.3 Å². The van der Waals surface area contributed by atoms with Crippen LogP contribution in [0.1, 0.15) is 50.7 Å². The number of carboxylic acid groups (broad SMARTS) is 1. The molecule has 0 aliphatic heterocycles. The number of aromatic hydroxyl groups is 1. The van der Waals surface area contributed by atoms with Gasteiger partial charge >= 0.3 is 12.0 Å². The number of primary amides is 1. The Hall–Kier alpha value is -5.18. The van der Waals surface area contributed by atoms with Gasteiger partial charge in [0.1, 0.15) is 23.9 Å². The molecular weight excluding hydrogens is 622 g/mol. The van der Waals surface area contributed by atoms with Gasteiger partial charge in [-0.1, -0.05) is 56.3 Å². The number of carboxylic acids is 1. The lowest BCUT2D eigenvalue weighted by molar-refractivity contribution is -0.142. The van der Waals surface area contributed by atoms with E-state index in [1.807, 2.05) is 44.2 Å². The fourth-order valence-corrected chi connectivity index (χ4v) is 4.75. The molecule has 48 heavy (non-hydrogen) atoms. The van der Waals surface area contributed by atoms with Gasteiger partial charge in [0.05, 0.1) is 12.6 Å². The highest BCUT2D eigenvalue weighted by atomic mass is 16.4. The molecule has 11 N–H and O–H groups in total. The zero-order valence-electron chi connectivity index (χ0n) is 27.2. The third-order valence-electron chi connectivity index (χ3n) is 7.30. The van der Waals surface area contributed by atoms with Crippen molar-refractivity contribution in [1.82, 2.24) is 26.6 Å². The first-order valence-electron chi connectivity index (χ1n) is 15.8. The summed E-state index contributed by atoms with van der Waals surface area (Å²) in [6.45, 7) is 3.39. The van der Waals surface area contributed by atoms with E-state index >= 15 is 0 Å². The Morgan fingerprint density at radius 1 is 0.750 bits per heavy atom. The van der Waals surface area contributed by atoms with Crippen molar-refractivity contribution < 1.29 is 39.0 Å². The summed E-state index contributed by atoms with van der Waals surface area (Å²) >= 11 is 0. The molecule has 15 nitrogen and oxygen atoms in total. The molecule has 15 heteroatoms. The lowest BCUT2D eigenvalue weighted by Crippen LogP contribution is -2.57. The topological polar surface area (TPSA) is 255 Å². The van der Waals surface area contributed by atoms with E-state index in [0.717, 1.165) is 5.56 Å². The maximum absolute atomic E-state index is 13.7. The predicted molar refractivity (Wildman–Crippen MR) is 177 cm³/mol. The van der Waals surface area contributed by atoms with Crippen LogP contribution < -0.4 is 38.1 Å². The quantitative estimate of drug-likeness (QED) is 0.0862. The van der Waals surface area contributed by atoms with E-state index in [1.54, 1.807) is 12.1 Å². The molecule has 0 saturated carbocycles. The Kier molecular flexibility index (Phi) is 16.4. The first-order chi connectivity index (χ1) is 22.7. The molecule has 2 aromatic rings. The number of urea groups is 1. The molecule has 6 amide bonds. The van der Waals surface area contributed by atoms with Crippen LogP contribution in [-0.4, -0.2) is 83.1 Å². The molecule has 0 radical (unpaired) electrons. The van der Waals surface area contributed by atoms with Crippen LogP contribution >= 0.6 is 0 Å². The summed E-state index contributed by atoms with van der Waals surface area (Å²) in [5.74, 6) is -3.96. The average Bonchev–Trinajstić information content (AvgIpc) is 3.04. The molecule has 0 unspecified atom stereocenters. The van der Waals surface area contributed by atoms with Crippen LogP contribution in [0.15, 0.2) is 54.6 Å². The Morgan fingerprint density at radius 3 is 1.98 bits per heavy atom. The molecule has 262 valence electrons. The van der Waals surface area contributed by atoms with E-state index in [0.29, 0.717) is 18.4 Å². The number of nitrogens with two attached hydrogens (primary N) is 2. The standard InChI is InChI=1S/C33H47N7O8/c1-20(2)17-27(32(46)47)40-31(45)26(18-22-10-13-23(41)14-11-22)39-30(44)25(15-12-21-7-4-3-5-8-21)38-28(42)19-37-29(43)24(34)9-6-16-36-33(35)48/h3-5,7-8,10-11,13-14,20,24-27,41H,6,9,12,15-19,34H2,1-2H3,(H,37,43)(H,38,42)(H,39,44)(H,40,45)(H,46,47)(H3,35,36,48)/t24-,25-,26-,27-/m0/s1. The second-order valence-corrected chi connectivity index (χ2v) is 11.9. The van der Waals surface area contributed by atoms with Gasteiger partial charge in [0, 0.05) is 13.0 Å². The van der Waals surface area contributed by atoms with Crippen LogP contribution in [0.25, 0.3) is 0 Å². The Labute approximate surface area is 279 Å². The van der Waals surface area contributed by atoms with Gasteiger partial charge in [-0.15, -0.1) is 0 Å². The number of rotatable bonds is 20. The first-order valence-corrected chi connectivity index (χ1v) is 15.8. The number of amides is 6. The average molecular weight is 670 g/mol. The van der Waals surface area contributed by atoms with Gasteiger partial charge in [-0.05, 0) is 61.3 Å². The molecule has 0 bridgehead atoms. The van der Waals surface area contributed by atoms with Crippen LogP contribution in [0.5, 0.6) is 5.75 Å². The number of carbonyl (C=O) groups excluding carboxylic acids is 5. The van der Waals surface area contributed by atoms with Crippen molar-refractivity contribution >= 4 is 35.6 Å². The van der Waals surface area contributed by atoms with Crippen molar-refractivity contribution in [3.63, 3.8) is 0 Å². The Morgan fingerprint density at radius 2 is 1.38 bits per heavy atom. The molecule has 2 rings (SSSR count). The Bertz CT molecular complexity index is 1370. The van der Waals surface area contributed by atoms with Gasteiger partial charge in [0.15, 0.2) is 0 Å². The highest BCUT2D eigenvalue weighted by Crippen LogP contribution is 2.13. The SMILES string of the molecule is CC(C)C[C@H](NC(=O)[C@H](Cc1ccc(O)cc1)NC(=O)[C@H](CCc1ccccc1)NC(=O)CNC(=O)[C@@H](N)CCCNC(N)=O)C(=O)O. The third-order valence-corrected chi connectivity index (χ3v) is 7.30. The summed E-state index contributed by atoms with van der Waals surface area (Å²) in [5, 5.41) is 32.0. The third kappa shape index (κ3) is 14.9. The van der Waals surface area contributed by atoms with E-state index in [2.05, 4.69) is 26.6 Å². The number of aliphatic carboxylic acids is 1. The maximum atomic E-state index is 13.7. The van der Waals surface area contributed by atoms with E-state index in [9.17, 15) is 39.0 Å². The minimum atomic E-state index is -1.23. The number of phenols is 1. The van der Waals surface area contributed by atoms with Crippen molar-refractivity contribution in [3.05, 3.63) is 65.7 Å². The largest absolute Gasteiger partial charge is 0.508 e. The fourth-order valence-electron chi connectivity index (χ4n) is 4.75. The normalized spacial score (nSPS) is 13.3. The molecule has 0 aromatic heterocycles. The molecule has 0 saturated heterocycles. The van der Waals surface area contributed by atoms with Gasteiger partial charge in [0.2, 0.25) is 23.6 Å². The lowest BCUT2D eigenvalue weighted by atomic mass is 10.0. The van der Waals surface area contributed by atoms with Crippen molar-refractivity contribution in [2.45, 2.75) is 76.5 Å². The predicted octanol–water partition coefficient (Wildman–Crippen LogP) is 0.0446. The number of aryl methyl sites for hydroxylation is 1. The zero-order valence-corrected chi connectivity index (χ0v) is 27.2. The van der Waals surface area contributed by atoms with Crippen molar-refractivity contribution in [1.29, 1.82) is 0 Å². The summed E-state index contributed by atoms with van der Waals surface area (Å²) in [4.78, 5) is 75.1. The second-order valence-electron chi connectivity index (χ2n) is 11.9. The summed E-state index contributed by atoms with van der Waals surface area (Å²) < 4.78 is 0. The zero-order chi connectivity index (χ0) is 35.6. The molecule has 0 heterocycles. The minimum absolute atomic E-state index is 0.00323. The van der Waals surface area contributed by atoms with Crippen molar-refractivity contribution in [2.75, 3.05) is 13.1 Å². The molecule has 4 atom stereocenters. The number of phenolic OH excluding ortho intramolecular Hbond substituents is 1. The number of carbonyl (C=O) groups is 6. The molecule has 0 spiro atoms. The lowest BCUT2D eigenvalue weighted by Gasteiger charge is -2.25. The van der Waals surface area contributed by atoms with E-state index in [4.69, 9.17) is 11.5 Å². The van der Waals surface area contributed by atoms with Crippen molar-refractivity contribution in [2.24, 2.45) is 17.4 Å². The first kappa shape index (κ1) is 39.0. The van der Waals surface area contributed by atoms with Crippen LogP contribution in [0.2, 0.25) is 0 Å². The number of hydrogen-bond donors (Lipinski definition) is 9. The van der Waals surface area contributed by atoms with Crippen LogP contribution in [0, 0.1) is 5.92 Å². The monoisotopic (exact) mass is 669 g/mol. The van der Waals surface area contributed by atoms with Crippen molar-refractivity contribution in [3.8, 4) is 5.75 Å². The van der Waals surface area contributed by atoms with E-state index in [1.165, 1.54) is 12.1 Å². The summed E-state index contributed by atoms with van der Waals surface area (Å²) in [6.07, 6.45) is 1.26. The second kappa shape index (κ2) is 20.1. The molecule has 0 aliphatic rings. The van der Waals surface area contributed by atoms with Gasteiger partial charge in [-0.2, -0.15) is 0 Å². The van der Waals surface area contributed by atoms with Gasteiger partial charge in [-0.25, -0.2) is 9.59 Å². The fraction of sp³-hybridized carbons (Fsp3) is 0.455. The van der Waals surface area contributed by atoms with Crippen LogP contribution in [-0.2, 0) is 36.8 Å². The van der Waals surface area contributed by atoms with E-state index in [-0.39, 0.29) is 43.9 Å². The highest BCUT2D eigenvalue weighted by Gasteiger charge is 2.30. The van der Waals surface area contributed by atoms with Gasteiger partial charge in [-0.3, -0.25) is 19.2 Å². The van der Waals surface area contributed by atoms with Crippen LogP contribution in [0.3, 0.4) is 0 Å². The minimum Gasteiger partial charge on any atom is -0.508 e. The Balaban J connectivity index is 2.18. The number of hydrogen-bond acceptors (Lipinski definition) is 8. The number of nitrogens with one attached hydrogen (secondary N) is 5.